The number of rotatable bonds is 0. The van der Waals surface area contributed by atoms with Gasteiger partial charge in [0.2, 0.25) is 0 Å². The third kappa shape index (κ3) is 1.69. The van der Waals surface area contributed by atoms with Crippen LogP contribution in [0.5, 0.6) is 0 Å². The van der Waals surface area contributed by atoms with E-state index in [1.54, 1.807) is 0 Å². The molecule has 0 aliphatic heterocycles. The van der Waals surface area contributed by atoms with E-state index in [-0.39, 0.29) is 5.41 Å². The molecule has 0 N–H and O–H groups in total. The summed E-state index contributed by atoms with van der Waals surface area (Å²) in [4.78, 5) is 4.55. The van der Waals surface area contributed by atoms with E-state index < -0.39 is 0 Å². The maximum atomic E-state index is 4.55. The molecule has 0 spiro atoms. The highest BCUT2D eigenvalue weighted by Gasteiger charge is 2.19. The molecule has 0 saturated heterocycles. The van der Waals surface area contributed by atoms with Gasteiger partial charge < -0.3 is 0 Å². The predicted octanol–water partition coefficient (Wildman–Crippen LogP) is 4.94. The smallest absolute Gasteiger partial charge is 0.145 e. The number of nitrogens with zero attached hydrogens (tertiary/aromatic N) is 2. The molecule has 4 rings (SSSR count). The highest BCUT2D eigenvalue weighted by molar-refractivity contribution is 6.13. The topological polar surface area (TPSA) is 17.3 Å². The molecule has 2 aromatic carbocycles. The Bertz CT molecular complexity index is 971. The molecule has 0 aliphatic rings. The van der Waals surface area contributed by atoms with Gasteiger partial charge in [0.25, 0.3) is 0 Å². The Hall–Kier alpha value is -2.35. The zero-order valence-corrected chi connectivity index (χ0v) is 12.6. The van der Waals surface area contributed by atoms with Gasteiger partial charge >= 0.3 is 0 Å². The molecule has 0 saturated carbocycles. The minimum absolute atomic E-state index is 0.108. The van der Waals surface area contributed by atoms with Crippen LogP contribution in [0, 0.1) is 0 Å². The van der Waals surface area contributed by atoms with Crippen LogP contribution in [0.3, 0.4) is 0 Å². The lowest BCUT2D eigenvalue weighted by atomic mass is 9.83. The van der Waals surface area contributed by atoms with Gasteiger partial charge in [0.1, 0.15) is 5.65 Å². The molecule has 0 unspecified atom stereocenters. The molecular weight excluding hydrogens is 256 g/mol. The third-order valence-electron chi connectivity index (χ3n) is 4.19. The monoisotopic (exact) mass is 274 g/mol. The lowest BCUT2D eigenvalue weighted by Crippen LogP contribution is -2.12. The van der Waals surface area contributed by atoms with Gasteiger partial charge in [-0.1, -0.05) is 57.2 Å². The SMILES string of the molecule is CC(C)(C)c1cccc2c1c1ccccc1c1nccn21. The second kappa shape index (κ2) is 4.08. The van der Waals surface area contributed by atoms with E-state index in [9.17, 15) is 0 Å². The summed E-state index contributed by atoms with van der Waals surface area (Å²) in [5.41, 5.74) is 3.75. The summed E-state index contributed by atoms with van der Waals surface area (Å²) < 4.78 is 2.20. The van der Waals surface area contributed by atoms with Crippen molar-refractivity contribution in [2.45, 2.75) is 26.2 Å². The molecule has 0 atom stereocenters. The van der Waals surface area contributed by atoms with E-state index in [0.717, 1.165) is 5.65 Å². The van der Waals surface area contributed by atoms with Crippen LogP contribution in [0.2, 0.25) is 0 Å². The molecule has 2 heteroatoms. The first-order chi connectivity index (χ1) is 10.1. The Balaban J connectivity index is 2.38. The lowest BCUT2D eigenvalue weighted by molar-refractivity contribution is 0.596. The summed E-state index contributed by atoms with van der Waals surface area (Å²) in [5, 5.41) is 3.84. The van der Waals surface area contributed by atoms with E-state index in [2.05, 4.69) is 78.8 Å². The lowest BCUT2D eigenvalue weighted by Gasteiger charge is -2.23. The molecule has 21 heavy (non-hydrogen) atoms. The van der Waals surface area contributed by atoms with Crippen LogP contribution in [0.15, 0.2) is 54.9 Å². The van der Waals surface area contributed by atoms with Gasteiger partial charge in [-0.3, -0.25) is 4.40 Å². The average molecular weight is 274 g/mol. The Labute approximate surface area is 124 Å². The standard InChI is InChI=1S/C19H18N2/c1-19(2,3)15-9-6-10-16-17(15)13-7-4-5-8-14(13)18-20-11-12-21(16)18/h4-12H,1-3H3. The predicted molar refractivity (Wildman–Crippen MR) is 88.9 cm³/mol. The number of hydrogen-bond donors (Lipinski definition) is 0. The molecule has 0 amide bonds. The number of pyridine rings is 1. The number of benzene rings is 2. The fourth-order valence-corrected chi connectivity index (χ4v) is 3.24. The van der Waals surface area contributed by atoms with E-state index in [1.807, 2.05) is 6.20 Å². The maximum Gasteiger partial charge on any atom is 0.145 e. The van der Waals surface area contributed by atoms with Crippen molar-refractivity contribution in [2.24, 2.45) is 0 Å². The van der Waals surface area contributed by atoms with Crippen molar-refractivity contribution in [3.63, 3.8) is 0 Å². The van der Waals surface area contributed by atoms with Gasteiger partial charge in [0.15, 0.2) is 0 Å². The molecule has 2 aromatic heterocycles. The second-order valence-electron chi connectivity index (χ2n) is 6.62. The van der Waals surface area contributed by atoms with Gasteiger partial charge in [-0.2, -0.15) is 0 Å². The Kier molecular flexibility index (Phi) is 2.41. The van der Waals surface area contributed by atoms with Crippen molar-refractivity contribution in [3.05, 3.63) is 60.4 Å². The first-order valence-corrected chi connectivity index (χ1v) is 7.34. The molecule has 4 aromatic rings. The Morgan fingerprint density at radius 2 is 1.67 bits per heavy atom. The van der Waals surface area contributed by atoms with Gasteiger partial charge in [0, 0.05) is 23.2 Å². The van der Waals surface area contributed by atoms with Crippen LogP contribution in [0.1, 0.15) is 26.3 Å². The number of fused-ring (bicyclic) bond motifs is 6. The number of imidazole rings is 1. The van der Waals surface area contributed by atoms with E-state index in [1.165, 1.54) is 27.2 Å². The molecular formula is C19H18N2. The van der Waals surface area contributed by atoms with E-state index in [4.69, 9.17) is 0 Å². The number of aromatic nitrogens is 2. The van der Waals surface area contributed by atoms with Gasteiger partial charge in [0.05, 0.1) is 5.52 Å². The minimum atomic E-state index is 0.108. The van der Waals surface area contributed by atoms with Crippen LogP contribution >= 0.6 is 0 Å². The highest BCUT2D eigenvalue weighted by Crippen LogP contribution is 2.36. The molecule has 0 aliphatic carbocycles. The quantitative estimate of drug-likeness (QED) is 0.415. The van der Waals surface area contributed by atoms with Crippen LogP contribution in [-0.2, 0) is 5.41 Å². The summed E-state index contributed by atoms with van der Waals surface area (Å²) in [6.45, 7) is 6.82. The first-order valence-electron chi connectivity index (χ1n) is 7.34. The zero-order chi connectivity index (χ0) is 14.6. The highest BCUT2D eigenvalue weighted by atomic mass is 15.0. The fourth-order valence-electron chi connectivity index (χ4n) is 3.24. The van der Waals surface area contributed by atoms with Crippen LogP contribution < -0.4 is 0 Å². The van der Waals surface area contributed by atoms with Crippen LogP contribution in [0.25, 0.3) is 27.3 Å². The van der Waals surface area contributed by atoms with Gasteiger partial charge in [-0.15, -0.1) is 0 Å². The largest absolute Gasteiger partial charge is 0.299 e. The summed E-state index contributed by atoms with van der Waals surface area (Å²) in [5.74, 6) is 0. The summed E-state index contributed by atoms with van der Waals surface area (Å²) in [6, 6.07) is 15.2. The van der Waals surface area contributed by atoms with Crippen molar-refractivity contribution in [3.8, 4) is 0 Å². The van der Waals surface area contributed by atoms with Gasteiger partial charge in [-0.25, -0.2) is 4.98 Å². The van der Waals surface area contributed by atoms with Crippen LogP contribution in [-0.4, -0.2) is 9.38 Å². The van der Waals surface area contributed by atoms with Crippen molar-refractivity contribution >= 4 is 27.3 Å². The normalized spacial score (nSPS) is 12.5. The molecule has 0 radical (unpaired) electrons. The van der Waals surface area contributed by atoms with Crippen molar-refractivity contribution in [1.82, 2.24) is 9.38 Å². The summed E-state index contributed by atoms with van der Waals surface area (Å²) in [7, 11) is 0. The third-order valence-corrected chi connectivity index (χ3v) is 4.19. The molecule has 0 fully saturated rings. The van der Waals surface area contributed by atoms with E-state index in [0.29, 0.717) is 0 Å². The van der Waals surface area contributed by atoms with Crippen molar-refractivity contribution in [1.29, 1.82) is 0 Å². The van der Waals surface area contributed by atoms with Crippen molar-refractivity contribution < 1.29 is 0 Å². The summed E-state index contributed by atoms with van der Waals surface area (Å²) in [6.07, 6.45) is 3.93. The first kappa shape index (κ1) is 12.4. The summed E-state index contributed by atoms with van der Waals surface area (Å²) >= 11 is 0. The molecule has 2 heterocycles. The molecule has 2 nitrogen and oxygen atoms in total. The minimum Gasteiger partial charge on any atom is -0.299 e. The average Bonchev–Trinajstić information content (AvgIpc) is 2.95. The Morgan fingerprint density at radius 1 is 0.905 bits per heavy atom. The molecule has 104 valence electrons. The number of hydrogen-bond acceptors (Lipinski definition) is 1. The second-order valence-corrected chi connectivity index (χ2v) is 6.62. The fraction of sp³-hybridized carbons (Fsp3) is 0.211. The van der Waals surface area contributed by atoms with Crippen LogP contribution in [0.4, 0.5) is 0 Å². The maximum absolute atomic E-state index is 4.55. The molecule has 0 bridgehead atoms. The zero-order valence-electron chi connectivity index (χ0n) is 12.6. The van der Waals surface area contributed by atoms with Gasteiger partial charge in [-0.05, 0) is 22.4 Å². The Morgan fingerprint density at radius 3 is 2.43 bits per heavy atom. The van der Waals surface area contributed by atoms with Crippen molar-refractivity contribution in [2.75, 3.05) is 0 Å². The van der Waals surface area contributed by atoms with E-state index >= 15 is 0 Å².